The second-order valence-electron chi connectivity index (χ2n) is 3.30. The SMILES string of the molecule is COC(OC)C(C)NC(=O)COCC(F)(F)F. The molecule has 0 aromatic rings. The predicted octanol–water partition coefficient (Wildman–Crippen LogP) is 0.689. The standard InChI is InChI=1S/C9H16F3NO4/c1-6(8(15-2)16-3)13-7(14)4-17-5-9(10,11)12/h6,8H,4-5H2,1-3H3,(H,13,14). The lowest BCUT2D eigenvalue weighted by Crippen LogP contribution is -2.44. The highest BCUT2D eigenvalue weighted by Crippen LogP contribution is 2.14. The van der Waals surface area contributed by atoms with E-state index in [1.165, 1.54) is 14.2 Å². The van der Waals surface area contributed by atoms with Gasteiger partial charge in [-0.05, 0) is 6.92 Å². The summed E-state index contributed by atoms with van der Waals surface area (Å²) in [7, 11) is 2.77. The van der Waals surface area contributed by atoms with Crippen LogP contribution in [0.3, 0.4) is 0 Å². The first-order chi connectivity index (χ1) is 7.80. The van der Waals surface area contributed by atoms with Crippen LogP contribution < -0.4 is 5.32 Å². The monoisotopic (exact) mass is 259 g/mol. The molecule has 1 unspecified atom stereocenters. The third kappa shape index (κ3) is 7.94. The molecule has 1 N–H and O–H groups in total. The molecular formula is C9H16F3NO4. The largest absolute Gasteiger partial charge is 0.411 e. The molecule has 0 radical (unpaired) electrons. The van der Waals surface area contributed by atoms with E-state index in [0.717, 1.165) is 0 Å². The van der Waals surface area contributed by atoms with E-state index < -0.39 is 37.6 Å². The van der Waals surface area contributed by atoms with Crippen LogP contribution in [0.25, 0.3) is 0 Å². The number of halogens is 3. The average Bonchev–Trinajstić information content (AvgIpc) is 2.17. The van der Waals surface area contributed by atoms with Crippen molar-refractivity contribution >= 4 is 5.91 Å². The van der Waals surface area contributed by atoms with Crippen LogP contribution in [0, 0.1) is 0 Å². The van der Waals surface area contributed by atoms with Gasteiger partial charge in [-0.25, -0.2) is 0 Å². The average molecular weight is 259 g/mol. The maximum Gasteiger partial charge on any atom is 0.411 e. The van der Waals surface area contributed by atoms with Gasteiger partial charge < -0.3 is 19.5 Å². The fourth-order valence-electron chi connectivity index (χ4n) is 1.13. The van der Waals surface area contributed by atoms with Crippen LogP contribution in [-0.2, 0) is 19.0 Å². The molecule has 5 nitrogen and oxygen atoms in total. The molecule has 0 aromatic carbocycles. The Kier molecular flexibility index (Phi) is 7.09. The summed E-state index contributed by atoms with van der Waals surface area (Å²) in [5, 5.41) is 2.39. The van der Waals surface area contributed by atoms with Crippen molar-refractivity contribution in [2.45, 2.75) is 25.4 Å². The quantitative estimate of drug-likeness (QED) is 0.683. The molecule has 0 spiro atoms. The van der Waals surface area contributed by atoms with Crippen LogP contribution in [0.5, 0.6) is 0 Å². The number of carbonyl (C=O) groups excluding carboxylic acids is 1. The molecule has 0 heterocycles. The fourth-order valence-corrected chi connectivity index (χ4v) is 1.13. The summed E-state index contributed by atoms with van der Waals surface area (Å²) in [4.78, 5) is 11.2. The minimum absolute atomic E-state index is 0.494. The maximum absolute atomic E-state index is 11.7. The maximum atomic E-state index is 11.7. The van der Waals surface area contributed by atoms with Gasteiger partial charge in [-0.1, -0.05) is 0 Å². The number of rotatable bonds is 7. The highest BCUT2D eigenvalue weighted by molar-refractivity contribution is 5.77. The van der Waals surface area contributed by atoms with Crippen LogP contribution in [0.1, 0.15) is 6.92 Å². The van der Waals surface area contributed by atoms with Gasteiger partial charge in [0.1, 0.15) is 13.2 Å². The van der Waals surface area contributed by atoms with Crippen molar-refractivity contribution in [3.05, 3.63) is 0 Å². The first-order valence-electron chi connectivity index (χ1n) is 4.79. The van der Waals surface area contributed by atoms with E-state index in [9.17, 15) is 18.0 Å². The van der Waals surface area contributed by atoms with Crippen molar-refractivity contribution in [2.24, 2.45) is 0 Å². The van der Waals surface area contributed by atoms with E-state index in [0.29, 0.717) is 0 Å². The van der Waals surface area contributed by atoms with Gasteiger partial charge in [0.15, 0.2) is 6.29 Å². The van der Waals surface area contributed by atoms with Gasteiger partial charge in [0.25, 0.3) is 0 Å². The number of carbonyl (C=O) groups is 1. The van der Waals surface area contributed by atoms with Gasteiger partial charge in [-0.2, -0.15) is 13.2 Å². The number of ether oxygens (including phenoxy) is 3. The Labute approximate surface area is 97.2 Å². The Hall–Kier alpha value is -0.860. The fraction of sp³-hybridized carbons (Fsp3) is 0.889. The first kappa shape index (κ1) is 16.1. The lowest BCUT2D eigenvalue weighted by molar-refractivity contribution is -0.176. The Morgan fingerprint density at radius 2 is 1.82 bits per heavy atom. The number of nitrogens with one attached hydrogen (secondary N) is 1. The van der Waals surface area contributed by atoms with Gasteiger partial charge in [0, 0.05) is 14.2 Å². The second-order valence-corrected chi connectivity index (χ2v) is 3.30. The Morgan fingerprint density at radius 3 is 2.24 bits per heavy atom. The highest BCUT2D eigenvalue weighted by Gasteiger charge is 2.28. The first-order valence-corrected chi connectivity index (χ1v) is 4.79. The van der Waals surface area contributed by atoms with Gasteiger partial charge in [0.05, 0.1) is 6.04 Å². The molecular weight excluding hydrogens is 243 g/mol. The second kappa shape index (κ2) is 7.46. The zero-order valence-corrected chi connectivity index (χ0v) is 9.84. The summed E-state index contributed by atoms with van der Waals surface area (Å²) in [5.41, 5.74) is 0. The topological polar surface area (TPSA) is 56.8 Å². The van der Waals surface area contributed by atoms with Gasteiger partial charge in [0.2, 0.25) is 5.91 Å². The molecule has 0 aliphatic rings. The summed E-state index contributed by atoms with van der Waals surface area (Å²) in [6, 6.07) is -0.494. The third-order valence-corrected chi connectivity index (χ3v) is 1.76. The molecule has 0 fully saturated rings. The number of hydrogen-bond acceptors (Lipinski definition) is 4. The molecule has 1 atom stereocenters. The molecule has 1 amide bonds. The van der Waals surface area contributed by atoms with Crippen LogP contribution in [0.15, 0.2) is 0 Å². The molecule has 17 heavy (non-hydrogen) atoms. The molecule has 102 valence electrons. The molecule has 0 saturated carbocycles. The summed E-state index contributed by atoms with van der Waals surface area (Å²) in [5.74, 6) is -0.666. The molecule has 0 aliphatic carbocycles. The number of alkyl halides is 3. The molecule has 0 bridgehead atoms. The summed E-state index contributed by atoms with van der Waals surface area (Å²) < 4.78 is 49.0. The zero-order chi connectivity index (χ0) is 13.5. The van der Waals surface area contributed by atoms with Crippen molar-refractivity contribution in [1.29, 1.82) is 0 Å². The Balaban J connectivity index is 3.86. The lowest BCUT2D eigenvalue weighted by atomic mass is 10.3. The van der Waals surface area contributed by atoms with Crippen LogP contribution in [0.2, 0.25) is 0 Å². The van der Waals surface area contributed by atoms with E-state index in [-0.39, 0.29) is 0 Å². The van der Waals surface area contributed by atoms with Crippen LogP contribution in [0.4, 0.5) is 13.2 Å². The normalized spacial score (nSPS) is 13.8. The molecule has 0 rings (SSSR count). The molecule has 8 heteroatoms. The van der Waals surface area contributed by atoms with E-state index in [1.807, 2.05) is 0 Å². The lowest BCUT2D eigenvalue weighted by Gasteiger charge is -2.22. The van der Waals surface area contributed by atoms with Gasteiger partial charge in [-0.3, -0.25) is 4.79 Å². The molecule has 0 aromatic heterocycles. The minimum atomic E-state index is -4.44. The predicted molar refractivity (Wildman–Crippen MR) is 52.3 cm³/mol. The van der Waals surface area contributed by atoms with Crippen molar-refractivity contribution in [1.82, 2.24) is 5.32 Å². The minimum Gasteiger partial charge on any atom is -0.362 e. The van der Waals surface area contributed by atoms with Crippen molar-refractivity contribution in [3.8, 4) is 0 Å². The van der Waals surface area contributed by atoms with Crippen LogP contribution >= 0.6 is 0 Å². The van der Waals surface area contributed by atoms with Gasteiger partial charge >= 0.3 is 6.18 Å². The number of hydrogen-bond donors (Lipinski definition) is 1. The molecule has 0 aliphatic heterocycles. The van der Waals surface area contributed by atoms with E-state index in [1.54, 1.807) is 6.92 Å². The Bertz CT molecular complexity index is 231. The highest BCUT2D eigenvalue weighted by atomic mass is 19.4. The van der Waals surface area contributed by atoms with Crippen molar-refractivity contribution in [3.63, 3.8) is 0 Å². The zero-order valence-electron chi connectivity index (χ0n) is 9.84. The number of amides is 1. The third-order valence-electron chi connectivity index (χ3n) is 1.76. The van der Waals surface area contributed by atoms with E-state index in [4.69, 9.17) is 9.47 Å². The van der Waals surface area contributed by atoms with E-state index in [2.05, 4.69) is 10.1 Å². The number of methoxy groups -OCH3 is 2. The Morgan fingerprint density at radius 1 is 1.29 bits per heavy atom. The molecule has 0 saturated heterocycles. The van der Waals surface area contributed by atoms with Crippen molar-refractivity contribution in [2.75, 3.05) is 27.4 Å². The summed E-state index contributed by atoms with van der Waals surface area (Å²) in [6.07, 6.45) is -5.10. The van der Waals surface area contributed by atoms with Gasteiger partial charge in [-0.15, -0.1) is 0 Å². The van der Waals surface area contributed by atoms with Crippen LogP contribution in [-0.4, -0.2) is 51.8 Å². The van der Waals surface area contributed by atoms with E-state index >= 15 is 0 Å². The summed E-state index contributed by atoms with van der Waals surface area (Å²) >= 11 is 0. The smallest absolute Gasteiger partial charge is 0.362 e. The summed E-state index contributed by atoms with van der Waals surface area (Å²) in [6.45, 7) is -0.518. The van der Waals surface area contributed by atoms with Crippen molar-refractivity contribution < 1.29 is 32.2 Å².